The summed E-state index contributed by atoms with van der Waals surface area (Å²) in [4.78, 5) is 28.3. The van der Waals surface area contributed by atoms with Crippen LogP contribution in [0.4, 0.5) is 9.59 Å². The number of likely N-dealkylation sites (tertiary alicyclic amines) is 1. The number of carbonyl (C=O) groups excluding carboxylic acids is 2. The van der Waals surface area contributed by atoms with Gasteiger partial charge in [-0.1, -0.05) is 0 Å². The summed E-state index contributed by atoms with van der Waals surface area (Å²) in [7, 11) is 0. The Bertz CT molecular complexity index is 468. The molecule has 3 aliphatic heterocycles. The fourth-order valence-electron chi connectivity index (χ4n) is 3.80. The quantitative estimate of drug-likeness (QED) is 0.759. The normalized spacial score (nSPS) is 29.3. The first-order valence-electron chi connectivity index (χ1n) is 8.62. The standard InChI is InChI=1S/C16H28N4O3/c1-16(2,3)23-15(22)19-8-5-11(6-9-19)20-13-4-7-17-10-12(13)18-14(20)21/h11-13,17H,4-10H2,1-3H3,(H,18,21)/t12-,13-/m1/s1. The van der Waals surface area contributed by atoms with Crippen LogP contribution in [-0.2, 0) is 4.74 Å². The van der Waals surface area contributed by atoms with Gasteiger partial charge in [0.2, 0.25) is 0 Å². The fraction of sp³-hybridized carbons (Fsp3) is 0.875. The summed E-state index contributed by atoms with van der Waals surface area (Å²) < 4.78 is 5.43. The molecule has 0 bridgehead atoms. The lowest BCUT2D eigenvalue weighted by molar-refractivity contribution is 0.0152. The van der Waals surface area contributed by atoms with Gasteiger partial charge >= 0.3 is 12.1 Å². The van der Waals surface area contributed by atoms with Crippen LogP contribution in [0.1, 0.15) is 40.0 Å². The smallest absolute Gasteiger partial charge is 0.410 e. The molecule has 3 aliphatic rings. The summed E-state index contributed by atoms with van der Waals surface area (Å²) in [5.41, 5.74) is -0.467. The van der Waals surface area contributed by atoms with Gasteiger partial charge in [0.1, 0.15) is 5.60 Å². The highest BCUT2D eigenvalue weighted by Gasteiger charge is 2.44. The SMILES string of the molecule is CC(C)(C)OC(=O)N1CCC(N2C(=O)N[C@@H]3CNCC[C@H]32)CC1. The molecule has 0 radical (unpaired) electrons. The van der Waals surface area contributed by atoms with E-state index < -0.39 is 5.60 Å². The second kappa shape index (κ2) is 6.19. The van der Waals surface area contributed by atoms with Crippen molar-refractivity contribution in [2.75, 3.05) is 26.2 Å². The van der Waals surface area contributed by atoms with E-state index in [0.717, 1.165) is 32.4 Å². The van der Waals surface area contributed by atoms with Crippen molar-refractivity contribution in [3.8, 4) is 0 Å². The van der Waals surface area contributed by atoms with Crippen LogP contribution in [0, 0.1) is 0 Å². The van der Waals surface area contributed by atoms with Gasteiger partial charge in [0.25, 0.3) is 0 Å². The minimum atomic E-state index is -0.467. The average molecular weight is 324 g/mol. The molecule has 2 atom stereocenters. The van der Waals surface area contributed by atoms with Crippen LogP contribution in [-0.4, -0.2) is 71.8 Å². The molecule has 23 heavy (non-hydrogen) atoms. The molecule has 0 aliphatic carbocycles. The van der Waals surface area contributed by atoms with Gasteiger partial charge in [-0.2, -0.15) is 0 Å². The molecule has 0 saturated carbocycles. The number of carbonyl (C=O) groups is 2. The van der Waals surface area contributed by atoms with E-state index in [9.17, 15) is 9.59 Å². The highest BCUT2D eigenvalue weighted by atomic mass is 16.6. The molecule has 0 aromatic carbocycles. The highest BCUT2D eigenvalue weighted by molar-refractivity contribution is 5.78. The van der Waals surface area contributed by atoms with Crippen molar-refractivity contribution in [3.63, 3.8) is 0 Å². The third kappa shape index (κ3) is 3.54. The van der Waals surface area contributed by atoms with Crippen molar-refractivity contribution >= 4 is 12.1 Å². The molecule has 0 spiro atoms. The maximum Gasteiger partial charge on any atom is 0.410 e. The third-order valence-electron chi connectivity index (χ3n) is 4.86. The minimum Gasteiger partial charge on any atom is -0.444 e. The van der Waals surface area contributed by atoms with Gasteiger partial charge in [0, 0.05) is 25.7 Å². The summed E-state index contributed by atoms with van der Waals surface area (Å²) in [5, 5.41) is 6.42. The maximum absolute atomic E-state index is 12.3. The summed E-state index contributed by atoms with van der Waals surface area (Å²) in [6.07, 6.45) is 2.39. The highest BCUT2D eigenvalue weighted by Crippen LogP contribution is 2.27. The Morgan fingerprint density at radius 3 is 2.57 bits per heavy atom. The molecule has 0 aromatic heterocycles. The lowest BCUT2D eigenvalue weighted by Gasteiger charge is -2.40. The predicted molar refractivity (Wildman–Crippen MR) is 86.3 cm³/mol. The van der Waals surface area contributed by atoms with Crippen molar-refractivity contribution in [1.29, 1.82) is 0 Å². The van der Waals surface area contributed by atoms with Crippen molar-refractivity contribution in [2.45, 2.75) is 63.8 Å². The first-order chi connectivity index (χ1) is 10.8. The Kier molecular flexibility index (Phi) is 4.40. The summed E-state index contributed by atoms with van der Waals surface area (Å²) in [5.74, 6) is 0. The van der Waals surface area contributed by atoms with Gasteiger partial charge in [0.05, 0.1) is 12.1 Å². The average Bonchev–Trinajstić information content (AvgIpc) is 2.81. The number of urea groups is 1. The van der Waals surface area contributed by atoms with E-state index in [1.807, 2.05) is 25.7 Å². The topological polar surface area (TPSA) is 73.9 Å². The number of ether oxygens (including phenoxy) is 1. The van der Waals surface area contributed by atoms with Gasteiger partial charge < -0.3 is 25.2 Å². The third-order valence-corrected chi connectivity index (χ3v) is 4.86. The van der Waals surface area contributed by atoms with Gasteiger partial charge in [0.15, 0.2) is 0 Å². The Morgan fingerprint density at radius 2 is 1.91 bits per heavy atom. The molecule has 3 heterocycles. The van der Waals surface area contributed by atoms with Gasteiger partial charge in [-0.3, -0.25) is 0 Å². The molecule has 130 valence electrons. The van der Waals surface area contributed by atoms with Crippen LogP contribution in [0.25, 0.3) is 0 Å². The molecular formula is C16H28N4O3. The van der Waals surface area contributed by atoms with E-state index in [1.54, 1.807) is 4.90 Å². The van der Waals surface area contributed by atoms with Crippen molar-refractivity contribution in [1.82, 2.24) is 20.4 Å². The molecule has 3 rings (SSSR count). The number of nitrogens with one attached hydrogen (secondary N) is 2. The molecule has 7 nitrogen and oxygen atoms in total. The minimum absolute atomic E-state index is 0.0550. The number of fused-ring (bicyclic) bond motifs is 1. The van der Waals surface area contributed by atoms with Crippen LogP contribution in [0.2, 0.25) is 0 Å². The largest absolute Gasteiger partial charge is 0.444 e. The van der Waals surface area contributed by atoms with E-state index in [2.05, 4.69) is 10.6 Å². The van der Waals surface area contributed by atoms with Crippen molar-refractivity contribution in [2.24, 2.45) is 0 Å². The number of rotatable bonds is 1. The zero-order valence-electron chi connectivity index (χ0n) is 14.3. The number of hydrogen-bond donors (Lipinski definition) is 2. The van der Waals surface area contributed by atoms with Crippen LogP contribution < -0.4 is 10.6 Å². The molecule has 7 heteroatoms. The Hall–Kier alpha value is -1.50. The van der Waals surface area contributed by atoms with Crippen LogP contribution >= 0.6 is 0 Å². The summed E-state index contributed by atoms with van der Waals surface area (Å²) >= 11 is 0. The van der Waals surface area contributed by atoms with Crippen LogP contribution in [0.15, 0.2) is 0 Å². The molecule has 2 N–H and O–H groups in total. The Balaban J connectivity index is 1.56. The van der Waals surface area contributed by atoms with Gasteiger partial charge in [-0.25, -0.2) is 9.59 Å². The second-order valence-electron chi connectivity index (χ2n) is 7.72. The Labute approximate surface area is 137 Å². The monoisotopic (exact) mass is 324 g/mol. The Morgan fingerprint density at radius 1 is 1.22 bits per heavy atom. The van der Waals surface area contributed by atoms with Crippen molar-refractivity contribution < 1.29 is 14.3 Å². The van der Waals surface area contributed by atoms with Crippen LogP contribution in [0.5, 0.6) is 0 Å². The lowest BCUT2D eigenvalue weighted by Crippen LogP contribution is -2.54. The molecule has 3 fully saturated rings. The number of amides is 3. The lowest BCUT2D eigenvalue weighted by atomic mass is 9.97. The molecule has 3 saturated heterocycles. The molecule has 0 aromatic rings. The number of nitrogens with zero attached hydrogens (tertiary/aromatic N) is 2. The summed E-state index contributed by atoms with van der Waals surface area (Å²) in [6, 6.07) is 0.795. The number of hydrogen-bond acceptors (Lipinski definition) is 4. The molecule has 0 unspecified atom stereocenters. The van der Waals surface area contributed by atoms with Gasteiger partial charge in [-0.05, 0) is 46.6 Å². The second-order valence-corrected chi connectivity index (χ2v) is 7.72. The number of piperidine rings is 2. The van der Waals surface area contributed by atoms with E-state index in [4.69, 9.17) is 4.74 Å². The van der Waals surface area contributed by atoms with E-state index >= 15 is 0 Å². The van der Waals surface area contributed by atoms with E-state index in [-0.39, 0.29) is 24.2 Å². The maximum atomic E-state index is 12.3. The molecular weight excluding hydrogens is 296 g/mol. The summed E-state index contributed by atoms with van der Waals surface area (Å²) in [6.45, 7) is 8.75. The first kappa shape index (κ1) is 16.4. The van der Waals surface area contributed by atoms with Crippen molar-refractivity contribution in [3.05, 3.63) is 0 Å². The van der Waals surface area contributed by atoms with Crippen LogP contribution in [0.3, 0.4) is 0 Å². The van der Waals surface area contributed by atoms with E-state index in [0.29, 0.717) is 19.1 Å². The predicted octanol–water partition coefficient (Wildman–Crippen LogP) is 1.14. The zero-order chi connectivity index (χ0) is 16.6. The van der Waals surface area contributed by atoms with Gasteiger partial charge in [-0.15, -0.1) is 0 Å². The first-order valence-corrected chi connectivity index (χ1v) is 8.62. The fourth-order valence-corrected chi connectivity index (χ4v) is 3.80. The zero-order valence-corrected chi connectivity index (χ0v) is 14.3. The van der Waals surface area contributed by atoms with E-state index in [1.165, 1.54) is 0 Å². The molecule has 3 amide bonds.